The van der Waals surface area contributed by atoms with Crippen molar-refractivity contribution >= 4 is 28.9 Å². The van der Waals surface area contributed by atoms with E-state index in [0.717, 1.165) is 15.5 Å². The predicted molar refractivity (Wildman–Crippen MR) is 115 cm³/mol. The number of hydrogen-bond donors (Lipinski definition) is 1. The Morgan fingerprint density at radius 3 is 2.69 bits per heavy atom. The van der Waals surface area contributed by atoms with Crippen LogP contribution in [0.2, 0.25) is 0 Å². The number of thiophene rings is 1. The molecule has 3 heterocycles. The second-order valence-electron chi connectivity index (χ2n) is 6.79. The highest BCUT2D eigenvalue weighted by Crippen LogP contribution is 2.34. The Bertz CT molecular complexity index is 1230. The van der Waals surface area contributed by atoms with E-state index in [1.54, 1.807) is 18.2 Å². The Labute approximate surface area is 185 Å². The fourth-order valence-corrected chi connectivity index (χ4v) is 3.75. The summed E-state index contributed by atoms with van der Waals surface area (Å²) in [5.74, 6) is -0.101. The summed E-state index contributed by atoms with van der Waals surface area (Å²) in [5, 5.41) is 1.91. The minimum atomic E-state index is -0.786. The van der Waals surface area contributed by atoms with Crippen LogP contribution in [0.15, 0.2) is 57.6 Å². The van der Waals surface area contributed by atoms with E-state index in [0.29, 0.717) is 30.4 Å². The van der Waals surface area contributed by atoms with Crippen molar-refractivity contribution in [2.75, 3.05) is 24.7 Å². The molecule has 4 rings (SSSR count). The number of anilines is 1. The van der Waals surface area contributed by atoms with E-state index in [9.17, 15) is 19.2 Å². The number of esters is 1. The van der Waals surface area contributed by atoms with Gasteiger partial charge in [-0.1, -0.05) is 6.07 Å². The third-order valence-corrected chi connectivity index (χ3v) is 5.45. The van der Waals surface area contributed by atoms with Crippen LogP contribution in [0.5, 0.6) is 11.5 Å². The van der Waals surface area contributed by atoms with E-state index in [1.165, 1.54) is 22.4 Å². The van der Waals surface area contributed by atoms with Crippen molar-refractivity contribution in [2.24, 2.45) is 0 Å². The molecule has 0 radical (unpaired) electrons. The lowest BCUT2D eigenvalue weighted by atomic mass is 10.2. The first kappa shape index (κ1) is 21.4. The Balaban J connectivity index is 1.47. The van der Waals surface area contributed by atoms with Crippen molar-refractivity contribution in [2.45, 2.75) is 13.1 Å². The molecule has 1 N–H and O–H groups in total. The Morgan fingerprint density at radius 2 is 1.94 bits per heavy atom. The van der Waals surface area contributed by atoms with Crippen molar-refractivity contribution in [3.8, 4) is 11.5 Å². The topological polar surface area (TPSA) is 120 Å². The number of ether oxygens (including phenoxy) is 3. The molecule has 0 spiro atoms. The second kappa shape index (κ2) is 9.52. The number of benzene rings is 1. The maximum absolute atomic E-state index is 13.0. The number of aromatic amines is 1. The van der Waals surface area contributed by atoms with Crippen LogP contribution in [-0.2, 0) is 27.4 Å². The van der Waals surface area contributed by atoms with E-state index < -0.39 is 36.3 Å². The van der Waals surface area contributed by atoms with Crippen LogP contribution in [0.1, 0.15) is 4.88 Å². The third kappa shape index (κ3) is 5.06. The van der Waals surface area contributed by atoms with Gasteiger partial charge in [0.05, 0.1) is 6.54 Å². The summed E-state index contributed by atoms with van der Waals surface area (Å²) in [4.78, 5) is 52.4. The highest BCUT2D eigenvalue weighted by atomic mass is 32.1. The van der Waals surface area contributed by atoms with Gasteiger partial charge >= 0.3 is 11.7 Å². The molecule has 0 unspecified atom stereocenters. The van der Waals surface area contributed by atoms with Gasteiger partial charge in [0.1, 0.15) is 19.8 Å². The maximum atomic E-state index is 13.0. The zero-order chi connectivity index (χ0) is 22.5. The minimum Gasteiger partial charge on any atom is -0.486 e. The van der Waals surface area contributed by atoms with Crippen LogP contribution in [0.25, 0.3) is 0 Å². The fourth-order valence-electron chi connectivity index (χ4n) is 3.06. The molecule has 2 aromatic heterocycles. The van der Waals surface area contributed by atoms with Crippen LogP contribution in [0.4, 0.5) is 5.69 Å². The van der Waals surface area contributed by atoms with E-state index >= 15 is 0 Å². The van der Waals surface area contributed by atoms with Gasteiger partial charge in [-0.25, -0.2) is 4.79 Å². The summed E-state index contributed by atoms with van der Waals surface area (Å²) < 4.78 is 17.2. The first-order valence-electron chi connectivity index (χ1n) is 9.67. The average Bonchev–Trinajstić information content (AvgIpc) is 3.31. The number of hydrogen-bond acceptors (Lipinski definition) is 8. The van der Waals surface area contributed by atoms with Crippen molar-refractivity contribution in [3.63, 3.8) is 0 Å². The maximum Gasteiger partial charge on any atom is 0.328 e. The van der Waals surface area contributed by atoms with Crippen LogP contribution < -0.4 is 25.6 Å². The lowest BCUT2D eigenvalue weighted by Gasteiger charge is -2.25. The van der Waals surface area contributed by atoms with Crippen LogP contribution >= 0.6 is 11.3 Å². The van der Waals surface area contributed by atoms with Gasteiger partial charge in [0.2, 0.25) is 0 Å². The molecule has 3 aromatic rings. The number of carbonyl (C=O) groups is 2. The number of rotatable bonds is 7. The normalized spacial score (nSPS) is 12.2. The average molecular weight is 457 g/mol. The third-order valence-electron chi connectivity index (χ3n) is 4.59. The van der Waals surface area contributed by atoms with Gasteiger partial charge in [-0.3, -0.25) is 23.9 Å². The number of nitrogens with one attached hydrogen (secondary N) is 1. The molecule has 1 aromatic carbocycles. The lowest BCUT2D eigenvalue weighted by molar-refractivity contribution is -0.148. The molecular formula is C21H19N3O7S. The summed E-state index contributed by atoms with van der Waals surface area (Å²) in [6.45, 7) is 0.206. The largest absolute Gasteiger partial charge is 0.486 e. The standard InChI is InChI=1S/C21H19N3O7S/c25-18-5-6-23(21(28)22-18)12-20(27)31-13-19(26)24(11-15-2-1-9-32-15)14-3-4-16-17(10-14)30-8-7-29-16/h1-6,9-10H,7-8,11-13H2,(H,22,25,28). The fraction of sp³-hybridized carbons (Fsp3) is 0.238. The van der Waals surface area contributed by atoms with Gasteiger partial charge < -0.3 is 19.1 Å². The molecule has 32 heavy (non-hydrogen) atoms. The van der Waals surface area contributed by atoms with E-state index in [1.807, 2.05) is 22.5 Å². The van der Waals surface area contributed by atoms with Crippen LogP contribution in [0.3, 0.4) is 0 Å². The first-order chi connectivity index (χ1) is 15.5. The Kier molecular flexibility index (Phi) is 6.36. The van der Waals surface area contributed by atoms with Crippen LogP contribution in [-0.4, -0.2) is 41.2 Å². The van der Waals surface area contributed by atoms with Gasteiger partial charge in [0.25, 0.3) is 11.5 Å². The van der Waals surface area contributed by atoms with Crippen molar-refractivity contribution < 1.29 is 23.8 Å². The number of nitrogens with zero attached hydrogens (tertiary/aromatic N) is 2. The number of aromatic nitrogens is 2. The van der Waals surface area contributed by atoms with Crippen LogP contribution in [0, 0.1) is 0 Å². The number of H-pyrrole nitrogens is 1. The SMILES string of the molecule is O=C(Cn1ccc(=O)[nH]c1=O)OCC(=O)N(Cc1cccs1)c1ccc2c(c1)OCCO2. The monoisotopic (exact) mass is 457 g/mol. The Hall–Kier alpha value is -3.86. The van der Waals surface area contributed by atoms with E-state index in [-0.39, 0.29) is 6.54 Å². The zero-order valence-electron chi connectivity index (χ0n) is 16.8. The molecule has 0 saturated heterocycles. The molecule has 1 aliphatic heterocycles. The molecule has 0 saturated carbocycles. The van der Waals surface area contributed by atoms with Gasteiger partial charge in [0, 0.05) is 28.9 Å². The van der Waals surface area contributed by atoms with Gasteiger partial charge in [-0.2, -0.15) is 0 Å². The molecule has 0 bridgehead atoms. The zero-order valence-corrected chi connectivity index (χ0v) is 17.6. The molecule has 10 nitrogen and oxygen atoms in total. The number of fused-ring (bicyclic) bond motifs is 1. The molecule has 11 heteroatoms. The molecular weight excluding hydrogens is 438 g/mol. The predicted octanol–water partition coefficient (Wildman–Crippen LogP) is 1.15. The van der Waals surface area contributed by atoms with E-state index in [2.05, 4.69) is 0 Å². The lowest BCUT2D eigenvalue weighted by Crippen LogP contribution is -2.36. The van der Waals surface area contributed by atoms with Gasteiger partial charge in [0.15, 0.2) is 18.1 Å². The van der Waals surface area contributed by atoms with Gasteiger partial charge in [-0.05, 0) is 23.6 Å². The summed E-state index contributed by atoms with van der Waals surface area (Å²) in [6.07, 6.45) is 1.18. The van der Waals surface area contributed by atoms with Crippen molar-refractivity contribution in [3.05, 3.63) is 73.7 Å². The summed E-state index contributed by atoms with van der Waals surface area (Å²) >= 11 is 1.50. The number of carbonyl (C=O) groups excluding carboxylic acids is 2. The van der Waals surface area contributed by atoms with E-state index in [4.69, 9.17) is 14.2 Å². The molecule has 0 aliphatic carbocycles. The quantitative estimate of drug-likeness (QED) is 0.529. The highest BCUT2D eigenvalue weighted by Gasteiger charge is 2.22. The Morgan fingerprint density at radius 1 is 1.12 bits per heavy atom. The first-order valence-corrected chi connectivity index (χ1v) is 10.6. The van der Waals surface area contributed by atoms with Crippen molar-refractivity contribution in [1.29, 1.82) is 0 Å². The smallest absolute Gasteiger partial charge is 0.328 e. The van der Waals surface area contributed by atoms with Gasteiger partial charge in [-0.15, -0.1) is 11.3 Å². The summed E-state index contributed by atoms with van der Waals surface area (Å²) in [7, 11) is 0. The van der Waals surface area contributed by atoms with Crippen molar-refractivity contribution in [1.82, 2.24) is 9.55 Å². The highest BCUT2D eigenvalue weighted by molar-refractivity contribution is 7.09. The minimum absolute atomic E-state index is 0.285. The summed E-state index contributed by atoms with van der Waals surface area (Å²) in [5.41, 5.74) is -0.740. The second-order valence-corrected chi connectivity index (χ2v) is 7.82. The molecule has 1 aliphatic rings. The molecule has 0 fully saturated rings. The number of amides is 1. The summed E-state index contributed by atoms with van der Waals surface area (Å²) in [6, 6.07) is 10.1. The molecule has 0 atom stereocenters. The molecule has 166 valence electrons. The molecule has 1 amide bonds.